The highest BCUT2D eigenvalue weighted by Gasteiger charge is 2.25. The number of amides is 1. The third kappa shape index (κ3) is 3.23. The first-order valence-corrected chi connectivity index (χ1v) is 7.98. The number of rotatable bonds is 4. The van der Waals surface area contributed by atoms with Crippen LogP contribution in [0.3, 0.4) is 0 Å². The summed E-state index contributed by atoms with van der Waals surface area (Å²) in [5.74, 6) is -1.39. The van der Waals surface area contributed by atoms with Crippen molar-refractivity contribution in [1.82, 2.24) is 9.78 Å². The number of hydrogen-bond acceptors (Lipinski definition) is 4. The van der Waals surface area contributed by atoms with E-state index in [1.54, 1.807) is 42.8 Å². The zero-order valence-corrected chi connectivity index (χ0v) is 14.4. The minimum Gasteiger partial charge on any atom is -0.319 e. The Morgan fingerprint density at radius 1 is 1.04 bits per heavy atom. The zero-order chi connectivity index (χ0) is 18.7. The van der Waals surface area contributed by atoms with Crippen molar-refractivity contribution < 1.29 is 9.59 Å². The quantitative estimate of drug-likeness (QED) is 0.581. The van der Waals surface area contributed by atoms with Crippen LogP contribution in [-0.2, 0) is 4.79 Å². The zero-order valence-electron chi connectivity index (χ0n) is 14.4. The van der Waals surface area contributed by atoms with Gasteiger partial charge in [0.15, 0.2) is 0 Å². The van der Waals surface area contributed by atoms with Crippen molar-refractivity contribution in [3.05, 3.63) is 77.1 Å². The molecule has 26 heavy (non-hydrogen) atoms. The van der Waals surface area contributed by atoms with Gasteiger partial charge in [0.1, 0.15) is 0 Å². The Labute approximate surface area is 150 Å². The number of nitriles is 1. The number of benzene rings is 2. The molecule has 3 rings (SSSR count). The van der Waals surface area contributed by atoms with Crippen LogP contribution < -0.4 is 5.32 Å². The highest BCUT2D eigenvalue weighted by atomic mass is 16.2. The van der Waals surface area contributed by atoms with Crippen LogP contribution in [0.2, 0.25) is 0 Å². The Balaban J connectivity index is 1.86. The molecule has 0 spiro atoms. The molecule has 1 heterocycles. The summed E-state index contributed by atoms with van der Waals surface area (Å²) in [5, 5.41) is 15.8. The SMILES string of the molecule is Cc1nn(-c2ccccc2)c(C)c1C(=O)C(=O)Nc1ccc(C#N)cc1. The minimum atomic E-state index is -0.742. The number of aromatic nitrogens is 2. The van der Waals surface area contributed by atoms with Crippen LogP contribution in [-0.4, -0.2) is 21.5 Å². The van der Waals surface area contributed by atoms with Gasteiger partial charge in [0.25, 0.3) is 11.7 Å². The van der Waals surface area contributed by atoms with Crippen LogP contribution in [0.1, 0.15) is 27.3 Å². The highest BCUT2D eigenvalue weighted by molar-refractivity contribution is 6.47. The molecule has 0 bridgehead atoms. The fourth-order valence-electron chi connectivity index (χ4n) is 2.72. The van der Waals surface area contributed by atoms with Gasteiger partial charge in [-0.1, -0.05) is 18.2 Å². The van der Waals surface area contributed by atoms with Gasteiger partial charge in [-0.25, -0.2) is 4.68 Å². The van der Waals surface area contributed by atoms with E-state index in [0.717, 1.165) is 5.69 Å². The molecule has 0 aliphatic heterocycles. The molecular formula is C20H16N4O2. The molecule has 0 fully saturated rings. The van der Waals surface area contributed by atoms with Gasteiger partial charge in [0.2, 0.25) is 0 Å². The highest BCUT2D eigenvalue weighted by Crippen LogP contribution is 2.19. The van der Waals surface area contributed by atoms with Gasteiger partial charge < -0.3 is 5.32 Å². The van der Waals surface area contributed by atoms with Crippen LogP contribution >= 0.6 is 0 Å². The summed E-state index contributed by atoms with van der Waals surface area (Å²) in [6.07, 6.45) is 0. The normalized spacial score (nSPS) is 10.2. The number of para-hydroxylation sites is 1. The number of carbonyl (C=O) groups excluding carboxylic acids is 2. The molecule has 6 heteroatoms. The van der Waals surface area contributed by atoms with Crippen LogP contribution in [0.25, 0.3) is 5.69 Å². The van der Waals surface area contributed by atoms with E-state index in [1.807, 2.05) is 36.4 Å². The Bertz CT molecular complexity index is 1010. The number of anilines is 1. The Kier molecular flexibility index (Phi) is 4.63. The first-order chi connectivity index (χ1) is 12.5. The van der Waals surface area contributed by atoms with E-state index < -0.39 is 11.7 Å². The molecule has 6 nitrogen and oxygen atoms in total. The van der Waals surface area contributed by atoms with E-state index >= 15 is 0 Å². The molecule has 0 aliphatic carbocycles. The maximum Gasteiger partial charge on any atom is 0.296 e. The van der Waals surface area contributed by atoms with Crippen molar-refractivity contribution in [2.75, 3.05) is 5.32 Å². The molecule has 1 amide bonds. The summed E-state index contributed by atoms with van der Waals surface area (Å²) in [4.78, 5) is 25.0. The van der Waals surface area contributed by atoms with Crippen molar-refractivity contribution in [1.29, 1.82) is 5.26 Å². The molecule has 0 atom stereocenters. The van der Waals surface area contributed by atoms with Gasteiger partial charge in [-0.3, -0.25) is 9.59 Å². The number of nitrogens with zero attached hydrogens (tertiary/aromatic N) is 3. The molecule has 1 aromatic heterocycles. The summed E-state index contributed by atoms with van der Waals surface area (Å²) < 4.78 is 1.65. The van der Waals surface area contributed by atoms with Crippen molar-refractivity contribution in [3.8, 4) is 11.8 Å². The Hall–Kier alpha value is -3.72. The second kappa shape index (κ2) is 7.03. The van der Waals surface area contributed by atoms with Gasteiger partial charge in [-0.15, -0.1) is 0 Å². The summed E-state index contributed by atoms with van der Waals surface area (Å²) in [7, 11) is 0. The van der Waals surface area contributed by atoms with Crippen LogP contribution in [0, 0.1) is 25.2 Å². The number of carbonyl (C=O) groups is 2. The molecule has 0 unspecified atom stereocenters. The Morgan fingerprint density at radius 2 is 1.69 bits per heavy atom. The average Bonchev–Trinajstić information content (AvgIpc) is 2.96. The maximum atomic E-state index is 12.6. The molecule has 0 radical (unpaired) electrons. The van der Waals surface area contributed by atoms with Gasteiger partial charge >= 0.3 is 0 Å². The average molecular weight is 344 g/mol. The van der Waals surface area contributed by atoms with E-state index in [0.29, 0.717) is 28.2 Å². The predicted octanol–water partition coefficient (Wildman–Crippen LogP) is 3.18. The first-order valence-electron chi connectivity index (χ1n) is 7.98. The number of nitrogens with one attached hydrogen (secondary N) is 1. The van der Waals surface area contributed by atoms with Gasteiger partial charge in [0.05, 0.1) is 34.3 Å². The van der Waals surface area contributed by atoms with E-state index in [9.17, 15) is 9.59 Å². The number of aryl methyl sites for hydroxylation is 1. The monoisotopic (exact) mass is 344 g/mol. The molecular weight excluding hydrogens is 328 g/mol. The smallest absolute Gasteiger partial charge is 0.296 e. The fourth-order valence-corrected chi connectivity index (χ4v) is 2.72. The lowest BCUT2D eigenvalue weighted by Crippen LogP contribution is -2.24. The number of Topliss-reactive ketones (excluding diaryl/α,β-unsaturated/α-hetero) is 1. The van der Waals surface area contributed by atoms with Crippen LogP contribution in [0.15, 0.2) is 54.6 Å². The third-order valence-electron chi connectivity index (χ3n) is 4.00. The van der Waals surface area contributed by atoms with Crippen LogP contribution in [0.4, 0.5) is 5.69 Å². The second-order valence-electron chi connectivity index (χ2n) is 5.77. The van der Waals surface area contributed by atoms with Crippen molar-refractivity contribution in [3.63, 3.8) is 0 Å². The third-order valence-corrected chi connectivity index (χ3v) is 4.00. The van der Waals surface area contributed by atoms with Gasteiger partial charge in [0, 0.05) is 5.69 Å². The molecule has 3 aromatic rings. The van der Waals surface area contributed by atoms with Gasteiger partial charge in [-0.05, 0) is 50.2 Å². The lowest BCUT2D eigenvalue weighted by molar-refractivity contribution is -0.112. The summed E-state index contributed by atoms with van der Waals surface area (Å²) in [5.41, 5.74) is 3.14. The van der Waals surface area contributed by atoms with E-state index in [1.165, 1.54) is 0 Å². The van der Waals surface area contributed by atoms with E-state index in [4.69, 9.17) is 5.26 Å². The van der Waals surface area contributed by atoms with E-state index in [-0.39, 0.29) is 0 Å². The molecule has 128 valence electrons. The first kappa shape index (κ1) is 17.1. The largest absolute Gasteiger partial charge is 0.319 e. The predicted molar refractivity (Wildman–Crippen MR) is 97.2 cm³/mol. The molecule has 0 aliphatic rings. The standard InChI is InChI=1S/C20H16N4O2/c1-13-18(14(2)24(23-13)17-6-4-3-5-7-17)19(25)20(26)22-16-10-8-15(12-21)9-11-16/h3-11H,1-2H3,(H,22,26). The minimum absolute atomic E-state index is 0.292. The van der Waals surface area contributed by atoms with Crippen molar-refractivity contribution in [2.45, 2.75) is 13.8 Å². The summed E-state index contributed by atoms with van der Waals surface area (Å²) >= 11 is 0. The number of hydrogen-bond donors (Lipinski definition) is 1. The summed E-state index contributed by atoms with van der Waals surface area (Å²) in [6, 6.07) is 17.7. The summed E-state index contributed by atoms with van der Waals surface area (Å²) in [6.45, 7) is 3.46. The molecule has 1 N–H and O–H groups in total. The fraction of sp³-hybridized carbons (Fsp3) is 0.100. The van der Waals surface area contributed by atoms with Crippen molar-refractivity contribution >= 4 is 17.4 Å². The molecule has 2 aromatic carbocycles. The van der Waals surface area contributed by atoms with Gasteiger partial charge in [-0.2, -0.15) is 10.4 Å². The topological polar surface area (TPSA) is 87.8 Å². The lowest BCUT2D eigenvalue weighted by Gasteiger charge is -2.06. The van der Waals surface area contributed by atoms with E-state index in [2.05, 4.69) is 10.4 Å². The molecule has 0 saturated carbocycles. The van der Waals surface area contributed by atoms with Crippen molar-refractivity contribution in [2.24, 2.45) is 0 Å². The second-order valence-corrected chi connectivity index (χ2v) is 5.77. The maximum absolute atomic E-state index is 12.6. The van der Waals surface area contributed by atoms with Crippen LogP contribution in [0.5, 0.6) is 0 Å². The number of ketones is 1. The molecule has 0 saturated heterocycles. The Morgan fingerprint density at radius 3 is 2.31 bits per heavy atom. The lowest BCUT2D eigenvalue weighted by atomic mass is 10.1.